The summed E-state index contributed by atoms with van der Waals surface area (Å²) in [6.45, 7) is 2.40. The number of nitrogens with two attached hydrogens (primary N) is 1. The van der Waals surface area contributed by atoms with Gasteiger partial charge in [0.15, 0.2) is 5.65 Å². The van der Waals surface area contributed by atoms with Crippen LogP contribution in [-0.4, -0.2) is 50.9 Å². The molecular formula is C24H27Cl3FN7O2. The van der Waals surface area contributed by atoms with Crippen LogP contribution >= 0.6 is 34.8 Å². The van der Waals surface area contributed by atoms with E-state index in [4.69, 9.17) is 55.2 Å². The number of carbonyl (C=O) groups excluding carboxylic acids is 1. The van der Waals surface area contributed by atoms with Gasteiger partial charge in [-0.1, -0.05) is 41.7 Å². The second-order valence-electron chi connectivity index (χ2n) is 9.86. The van der Waals surface area contributed by atoms with Crippen molar-refractivity contribution in [3.63, 3.8) is 0 Å². The van der Waals surface area contributed by atoms with Crippen LogP contribution in [-0.2, 0) is 9.53 Å². The van der Waals surface area contributed by atoms with Crippen LogP contribution in [0.15, 0.2) is 18.3 Å². The molecule has 2 aromatic heterocycles. The van der Waals surface area contributed by atoms with Crippen LogP contribution in [0.5, 0.6) is 0 Å². The lowest BCUT2D eigenvalue weighted by Crippen LogP contribution is -2.39. The number of carbonyl (C=O) groups is 1. The van der Waals surface area contributed by atoms with Gasteiger partial charge in [-0.15, -0.1) is 0 Å². The zero-order valence-corrected chi connectivity index (χ0v) is 22.4. The molecule has 198 valence electrons. The van der Waals surface area contributed by atoms with Crippen LogP contribution in [0.1, 0.15) is 45.1 Å². The summed E-state index contributed by atoms with van der Waals surface area (Å²) in [6.07, 6.45) is 3.56. The molecule has 2 fully saturated rings. The van der Waals surface area contributed by atoms with Crippen molar-refractivity contribution < 1.29 is 13.9 Å². The molecular weight excluding hydrogens is 544 g/mol. The summed E-state index contributed by atoms with van der Waals surface area (Å²) >= 11 is 19.0. The monoisotopic (exact) mass is 569 g/mol. The minimum absolute atomic E-state index is 0.0369. The number of hydrogen-bond donors (Lipinski definition) is 3. The molecule has 2 aliphatic rings. The topological polar surface area (TPSA) is 120 Å². The highest BCUT2D eigenvalue weighted by atomic mass is 35.5. The first kappa shape index (κ1) is 26.2. The number of alkyl halides is 1. The lowest BCUT2D eigenvalue weighted by molar-refractivity contribution is -0.128. The number of amides is 1. The average molecular weight is 571 g/mol. The van der Waals surface area contributed by atoms with Gasteiger partial charge in [-0.25, -0.2) is 14.4 Å². The van der Waals surface area contributed by atoms with E-state index < -0.39 is 17.6 Å². The Labute approximate surface area is 228 Å². The Morgan fingerprint density at radius 2 is 1.89 bits per heavy atom. The number of rotatable bonds is 6. The van der Waals surface area contributed by atoms with Crippen molar-refractivity contribution >= 4 is 69.5 Å². The third kappa shape index (κ3) is 5.30. The molecule has 1 saturated heterocycles. The molecule has 0 unspecified atom stereocenters. The van der Waals surface area contributed by atoms with Crippen molar-refractivity contribution in [2.75, 3.05) is 23.8 Å². The number of nitrogens with zero attached hydrogens (tertiary/aromatic N) is 4. The van der Waals surface area contributed by atoms with E-state index in [0.29, 0.717) is 82.5 Å². The van der Waals surface area contributed by atoms with Crippen LogP contribution in [0, 0.1) is 5.41 Å². The molecule has 3 heterocycles. The smallest absolute Gasteiger partial charge is 0.225 e. The minimum Gasteiger partial charge on any atom is -0.378 e. The molecule has 0 spiro atoms. The molecule has 5 rings (SSSR count). The molecule has 4 N–H and O–H groups in total. The summed E-state index contributed by atoms with van der Waals surface area (Å²) in [7, 11) is 0. The van der Waals surface area contributed by atoms with Crippen molar-refractivity contribution in [3.05, 3.63) is 33.4 Å². The highest BCUT2D eigenvalue weighted by Crippen LogP contribution is 2.44. The summed E-state index contributed by atoms with van der Waals surface area (Å²) < 4.78 is 21.5. The fourth-order valence-electron chi connectivity index (χ4n) is 4.94. The Kier molecular flexibility index (Phi) is 7.37. The minimum atomic E-state index is -1.16. The first-order chi connectivity index (χ1) is 17.6. The number of halogens is 4. The van der Waals surface area contributed by atoms with Crippen LogP contribution in [0.4, 0.5) is 22.0 Å². The lowest BCUT2D eigenvalue weighted by Gasteiger charge is -2.35. The molecule has 1 aliphatic heterocycles. The van der Waals surface area contributed by atoms with E-state index >= 15 is 0 Å². The average Bonchev–Trinajstić information content (AvgIpc) is 3.20. The fraction of sp³-hybridized carbons (Fsp3) is 0.500. The molecule has 2 atom stereocenters. The second-order valence-corrected chi connectivity index (χ2v) is 11.1. The van der Waals surface area contributed by atoms with Gasteiger partial charge in [-0.05, 0) is 44.2 Å². The van der Waals surface area contributed by atoms with E-state index in [-0.39, 0.29) is 18.6 Å². The van der Waals surface area contributed by atoms with Gasteiger partial charge in [0.1, 0.15) is 11.7 Å². The maximum atomic E-state index is 14.4. The standard InChI is InChI=1S/C24H27Cl3FN7O2/c1-24(21(29)36)5-2-13(3-6-24)35-20-18(10-30-22(34-20)31-17-4-7-37-11-16(17)28)32-23(35)33-19-14(26)8-12(25)9-15(19)27/h8-10,13,16-17H,2-7,11H2,1H3,(H2,29,36)(H,32,33)(H,30,31,34)/t13-,16-,17-,24-/m0/s1. The number of primary amides is 1. The van der Waals surface area contributed by atoms with Gasteiger partial charge >= 0.3 is 0 Å². The van der Waals surface area contributed by atoms with Crippen LogP contribution in [0.3, 0.4) is 0 Å². The van der Waals surface area contributed by atoms with Crippen molar-refractivity contribution in [3.8, 4) is 0 Å². The Balaban J connectivity index is 1.54. The number of ether oxygens (including phenoxy) is 1. The van der Waals surface area contributed by atoms with E-state index in [2.05, 4.69) is 15.6 Å². The zero-order chi connectivity index (χ0) is 26.3. The van der Waals surface area contributed by atoms with E-state index in [9.17, 15) is 9.18 Å². The SMILES string of the molecule is C[C@]1(C(N)=O)CC[C@H](n2c(Nc3c(Cl)cc(Cl)cc3Cl)nc3cnc(N[C@H]4CCOC[C@@H]4F)nc32)CC1. The quantitative estimate of drug-likeness (QED) is 0.349. The van der Waals surface area contributed by atoms with Crippen LogP contribution in [0.25, 0.3) is 11.2 Å². The molecule has 37 heavy (non-hydrogen) atoms. The van der Waals surface area contributed by atoms with Gasteiger partial charge in [0.2, 0.25) is 17.8 Å². The molecule has 9 nitrogen and oxygen atoms in total. The largest absolute Gasteiger partial charge is 0.378 e. The summed E-state index contributed by atoms with van der Waals surface area (Å²) in [5, 5.41) is 7.44. The Morgan fingerprint density at radius 1 is 1.19 bits per heavy atom. The number of anilines is 3. The van der Waals surface area contributed by atoms with E-state index in [1.54, 1.807) is 18.3 Å². The van der Waals surface area contributed by atoms with Crippen molar-refractivity contribution in [2.45, 2.75) is 57.3 Å². The maximum absolute atomic E-state index is 14.4. The third-order valence-electron chi connectivity index (χ3n) is 7.30. The predicted molar refractivity (Wildman–Crippen MR) is 143 cm³/mol. The highest BCUT2D eigenvalue weighted by molar-refractivity contribution is 6.41. The number of nitrogens with one attached hydrogen (secondary N) is 2. The summed E-state index contributed by atoms with van der Waals surface area (Å²) in [5.74, 6) is 0.468. The van der Waals surface area contributed by atoms with Crippen molar-refractivity contribution in [1.29, 1.82) is 0 Å². The molecule has 3 aromatic rings. The molecule has 0 radical (unpaired) electrons. The highest BCUT2D eigenvalue weighted by Gasteiger charge is 2.38. The van der Waals surface area contributed by atoms with Crippen LogP contribution in [0.2, 0.25) is 15.1 Å². The first-order valence-electron chi connectivity index (χ1n) is 12.1. The molecule has 0 bridgehead atoms. The molecule has 1 amide bonds. The van der Waals surface area contributed by atoms with Gasteiger partial charge in [-0.3, -0.25) is 9.36 Å². The lowest BCUT2D eigenvalue weighted by atomic mass is 9.73. The number of imidazole rings is 1. The van der Waals surface area contributed by atoms with E-state index in [0.717, 1.165) is 0 Å². The number of benzene rings is 1. The first-order valence-corrected chi connectivity index (χ1v) is 13.2. The van der Waals surface area contributed by atoms with E-state index in [1.807, 2.05) is 11.5 Å². The van der Waals surface area contributed by atoms with Gasteiger partial charge in [-0.2, -0.15) is 4.98 Å². The van der Waals surface area contributed by atoms with Gasteiger partial charge < -0.3 is 21.1 Å². The zero-order valence-electron chi connectivity index (χ0n) is 20.1. The third-order valence-corrected chi connectivity index (χ3v) is 8.11. The van der Waals surface area contributed by atoms with Gasteiger partial charge in [0.25, 0.3) is 0 Å². The molecule has 1 saturated carbocycles. The summed E-state index contributed by atoms with van der Waals surface area (Å²) in [4.78, 5) is 25.9. The normalized spacial score (nSPS) is 26.2. The summed E-state index contributed by atoms with van der Waals surface area (Å²) in [5.41, 5.74) is 6.67. The summed E-state index contributed by atoms with van der Waals surface area (Å²) in [6, 6.07) is 2.70. The Bertz CT molecular complexity index is 1310. The number of fused-ring (bicyclic) bond motifs is 1. The van der Waals surface area contributed by atoms with Crippen LogP contribution < -0.4 is 16.4 Å². The fourth-order valence-corrected chi connectivity index (χ4v) is 5.86. The van der Waals surface area contributed by atoms with Crippen molar-refractivity contribution in [2.24, 2.45) is 11.1 Å². The van der Waals surface area contributed by atoms with Gasteiger partial charge in [0, 0.05) is 23.1 Å². The Morgan fingerprint density at radius 3 is 2.54 bits per heavy atom. The predicted octanol–water partition coefficient (Wildman–Crippen LogP) is 5.68. The molecule has 1 aromatic carbocycles. The van der Waals surface area contributed by atoms with E-state index in [1.165, 1.54) is 0 Å². The number of hydrogen-bond acceptors (Lipinski definition) is 7. The second kappa shape index (κ2) is 10.4. The molecule has 1 aliphatic carbocycles. The van der Waals surface area contributed by atoms with Gasteiger partial charge in [0.05, 0.1) is 34.6 Å². The maximum Gasteiger partial charge on any atom is 0.225 e. The molecule has 13 heteroatoms. The Hall–Kier alpha value is -2.40. The number of aromatic nitrogens is 4. The van der Waals surface area contributed by atoms with Crippen molar-refractivity contribution in [1.82, 2.24) is 19.5 Å².